The van der Waals surface area contributed by atoms with Crippen molar-refractivity contribution in [2.75, 3.05) is 5.33 Å². The lowest BCUT2D eigenvalue weighted by atomic mass is 10.1. The maximum atomic E-state index is 12.2. The summed E-state index contributed by atoms with van der Waals surface area (Å²) in [6.07, 6.45) is 0. The number of Topliss-reactive ketones (excluding diaryl/α,β-unsaturated/α-hetero) is 1. The Hall–Kier alpha value is -1.50. The molecule has 4 nitrogen and oxygen atoms in total. The highest BCUT2D eigenvalue weighted by Crippen LogP contribution is 2.11. The van der Waals surface area contributed by atoms with Crippen LogP contribution >= 0.6 is 15.9 Å². The van der Waals surface area contributed by atoms with E-state index in [1.54, 1.807) is 48.5 Å². The molecular formula is C16H16BrNO3S. The highest BCUT2D eigenvalue weighted by atomic mass is 79.9. The molecule has 116 valence electrons. The van der Waals surface area contributed by atoms with E-state index >= 15 is 0 Å². The summed E-state index contributed by atoms with van der Waals surface area (Å²) in [5, 5.41) is 0.270. The third-order valence-corrected chi connectivity index (χ3v) is 5.12. The quantitative estimate of drug-likeness (QED) is 0.617. The van der Waals surface area contributed by atoms with Crippen LogP contribution in [0.5, 0.6) is 0 Å². The Morgan fingerprint density at radius 3 is 2.18 bits per heavy atom. The van der Waals surface area contributed by atoms with Crippen molar-refractivity contribution < 1.29 is 13.2 Å². The molecule has 0 saturated carbocycles. The van der Waals surface area contributed by atoms with E-state index in [0.717, 1.165) is 11.1 Å². The number of hydrogen-bond acceptors (Lipinski definition) is 3. The van der Waals surface area contributed by atoms with Crippen LogP contribution in [-0.4, -0.2) is 19.5 Å². The van der Waals surface area contributed by atoms with E-state index in [4.69, 9.17) is 0 Å². The molecule has 6 heteroatoms. The Morgan fingerprint density at radius 1 is 1.05 bits per heavy atom. The molecule has 0 fully saturated rings. The number of benzene rings is 2. The first-order chi connectivity index (χ1) is 10.4. The lowest BCUT2D eigenvalue weighted by Gasteiger charge is -2.07. The Kier molecular flexibility index (Phi) is 5.50. The summed E-state index contributed by atoms with van der Waals surface area (Å²) in [5.74, 6) is -0.00761. The van der Waals surface area contributed by atoms with Gasteiger partial charge in [-0.2, -0.15) is 0 Å². The molecule has 0 unspecified atom stereocenters. The summed E-state index contributed by atoms with van der Waals surface area (Å²) in [5.41, 5.74) is 2.40. The number of sulfonamides is 1. The third kappa shape index (κ3) is 4.25. The minimum Gasteiger partial charge on any atom is -0.293 e. The first-order valence-corrected chi connectivity index (χ1v) is 9.27. The molecular weight excluding hydrogens is 366 g/mol. The number of alkyl halides is 1. The van der Waals surface area contributed by atoms with Crippen LogP contribution in [-0.2, 0) is 16.6 Å². The molecule has 2 rings (SSSR count). The summed E-state index contributed by atoms with van der Waals surface area (Å²) in [4.78, 5) is 11.7. The summed E-state index contributed by atoms with van der Waals surface area (Å²) >= 11 is 3.12. The maximum Gasteiger partial charge on any atom is 0.240 e. The van der Waals surface area contributed by atoms with Gasteiger partial charge in [-0.25, -0.2) is 13.1 Å². The average Bonchev–Trinajstić information content (AvgIpc) is 2.53. The van der Waals surface area contributed by atoms with Crippen molar-refractivity contribution in [1.29, 1.82) is 0 Å². The van der Waals surface area contributed by atoms with Crippen LogP contribution in [0, 0.1) is 6.92 Å². The van der Waals surface area contributed by atoms with Crippen LogP contribution in [0.3, 0.4) is 0 Å². The molecule has 0 bridgehead atoms. The minimum absolute atomic E-state index is 0.00761. The van der Waals surface area contributed by atoms with Crippen molar-refractivity contribution in [3.8, 4) is 0 Å². The van der Waals surface area contributed by atoms with Crippen molar-refractivity contribution in [3.63, 3.8) is 0 Å². The van der Waals surface area contributed by atoms with Crippen LogP contribution in [0.2, 0.25) is 0 Å². The van der Waals surface area contributed by atoms with Gasteiger partial charge in [0.25, 0.3) is 0 Å². The van der Waals surface area contributed by atoms with Gasteiger partial charge >= 0.3 is 0 Å². The van der Waals surface area contributed by atoms with Gasteiger partial charge in [0.15, 0.2) is 5.78 Å². The van der Waals surface area contributed by atoms with Gasteiger partial charge in [0.2, 0.25) is 10.0 Å². The Balaban J connectivity index is 2.05. The summed E-state index contributed by atoms with van der Waals surface area (Å²) in [6, 6.07) is 13.6. The van der Waals surface area contributed by atoms with E-state index in [2.05, 4.69) is 20.7 Å². The number of aryl methyl sites for hydroxylation is 1. The van der Waals surface area contributed by atoms with Gasteiger partial charge in [-0.15, -0.1) is 0 Å². The maximum absolute atomic E-state index is 12.2. The fraction of sp³-hybridized carbons (Fsp3) is 0.188. The van der Waals surface area contributed by atoms with E-state index < -0.39 is 10.0 Å². The Bertz CT molecular complexity index is 753. The molecule has 1 N–H and O–H groups in total. The van der Waals surface area contributed by atoms with Crippen LogP contribution in [0.25, 0.3) is 0 Å². The summed E-state index contributed by atoms with van der Waals surface area (Å²) < 4.78 is 26.9. The molecule has 0 aliphatic rings. The van der Waals surface area contributed by atoms with Gasteiger partial charge in [0, 0.05) is 12.1 Å². The Labute approximate surface area is 138 Å². The average molecular weight is 382 g/mol. The number of halogens is 1. The fourth-order valence-electron chi connectivity index (χ4n) is 1.86. The van der Waals surface area contributed by atoms with E-state index in [-0.39, 0.29) is 22.6 Å². The number of carbonyl (C=O) groups is 1. The topological polar surface area (TPSA) is 63.2 Å². The second-order valence-corrected chi connectivity index (χ2v) is 7.22. The molecule has 0 heterocycles. The highest BCUT2D eigenvalue weighted by molar-refractivity contribution is 9.09. The number of carbonyl (C=O) groups excluding carboxylic acids is 1. The molecule has 0 spiro atoms. The SMILES string of the molecule is Cc1ccc(S(=O)(=O)NCc2ccc(C(=O)CBr)cc2)cc1. The minimum atomic E-state index is -3.53. The number of nitrogens with one attached hydrogen (secondary N) is 1. The lowest BCUT2D eigenvalue weighted by molar-refractivity contribution is 0.102. The van der Waals surface area contributed by atoms with Crippen molar-refractivity contribution in [1.82, 2.24) is 4.72 Å². The molecule has 0 aromatic heterocycles. The molecule has 22 heavy (non-hydrogen) atoms. The van der Waals surface area contributed by atoms with E-state index in [1.165, 1.54) is 0 Å². The standard InChI is InChI=1S/C16H16BrNO3S/c1-12-2-8-15(9-3-12)22(20,21)18-11-13-4-6-14(7-5-13)16(19)10-17/h2-9,18H,10-11H2,1H3. The number of ketones is 1. The molecule has 0 amide bonds. The predicted molar refractivity (Wildman–Crippen MR) is 89.8 cm³/mol. The second kappa shape index (κ2) is 7.17. The molecule has 2 aromatic rings. The smallest absolute Gasteiger partial charge is 0.240 e. The zero-order chi connectivity index (χ0) is 16.2. The third-order valence-electron chi connectivity index (χ3n) is 3.19. The monoisotopic (exact) mass is 381 g/mol. The first kappa shape index (κ1) is 16.9. The van der Waals surface area contributed by atoms with Gasteiger partial charge < -0.3 is 0 Å². The van der Waals surface area contributed by atoms with E-state index in [9.17, 15) is 13.2 Å². The lowest BCUT2D eigenvalue weighted by Crippen LogP contribution is -2.23. The van der Waals surface area contributed by atoms with Crippen LogP contribution < -0.4 is 4.72 Å². The van der Waals surface area contributed by atoms with Gasteiger partial charge in [-0.1, -0.05) is 57.9 Å². The zero-order valence-corrected chi connectivity index (χ0v) is 14.4. The molecule has 0 aliphatic carbocycles. The van der Waals surface area contributed by atoms with Gasteiger partial charge in [-0.05, 0) is 24.6 Å². The highest BCUT2D eigenvalue weighted by Gasteiger charge is 2.13. The largest absolute Gasteiger partial charge is 0.293 e. The van der Waals surface area contributed by atoms with Crippen molar-refractivity contribution in [3.05, 3.63) is 65.2 Å². The van der Waals surface area contributed by atoms with Crippen LogP contribution in [0.4, 0.5) is 0 Å². The predicted octanol–water partition coefficient (Wildman–Crippen LogP) is 3.05. The van der Waals surface area contributed by atoms with Crippen molar-refractivity contribution in [2.45, 2.75) is 18.4 Å². The van der Waals surface area contributed by atoms with Gasteiger partial charge in [0.1, 0.15) is 0 Å². The van der Waals surface area contributed by atoms with Crippen molar-refractivity contribution >= 4 is 31.7 Å². The molecule has 2 aromatic carbocycles. The second-order valence-electron chi connectivity index (χ2n) is 4.89. The van der Waals surface area contributed by atoms with Crippen LogP contribution in [0.15, 0.2) is 53.4 Å². The van der Waals surface area contributed by atoms with Crippen molar-refractivity contribution in [2.24, 2.45) is 0 Å². The molecule has 0 radical (unpaired) electrons. The fourth-order valence-corrected chi connectivity index (χ4v) is 3.21. The number of hydrogen-bond donors (Lipinski definition) is 1. The van der Waals surface area contributed by atoms with E-state index in [0.29, 0.717) is 5.56 Å². The van der Waals surface area contributed by atoms with Crippen LogP contribution in [0.1, 0.15) is 21.5 Å². The van der Waals surface area contributed by atoms with Gasteiger partial charge in [-0.3, -0.25) is 4.79 Å². The van der Waals surface area contributed by atoms with Gasteiger partial charge in [0.05, 0.1) is 10.2 Å². The Morgan fingerprint density at radius 2 is 1.64 bits per heavy atom. The summed E-state index contributed by atoms with van der Waals surface area (Å²) in [7, 11) is -3.53. The normalized spacial score (nSPS) is 11.4. The van der Waals surface area contributed by atoms with E-state index in [1.807, 2.05) is 6.92 Å². The first-order valence-electron chi connectivity index (χ1n) is 6.67. The molecule has 0 atom stereocenters. The summed E-state index contributed by atoms with van der Waals surface area (Å²) in [6.45, 7) is 2.08. The molecule has 0 saturated heterocycles. The number of rotatable bonds is 6. The zero-order valence-electron chi connectivity index (χ0n) is 12.0. The molecule has 0 aliphatic heterocycles.